The molecule has 5 aliphatic rings. The second kappa shape index (κ2) is 14.6. The first-order chi connectivity index (χ1) is 23.9. The highest BCUT2D eigenvalue weighted by Gasteiger charge is 2.72. The van der Waals surface area contributed by atoms with E-state index in [4.69, 9.17) is 18.9 Å². The van der Waals surface area contributed by atoms with Crippen LogP contribution in [-0.4, -0.2) is 110 Å². The average molecular weight is 741 g/mol. The number of ether oxygens (including phenoxy) is 4. The van der Waals surface area contributed by atoms with E-state index in [1.807, 2.05) is 0 Å². The zero-order valence-corrected chi connectivity index (χ0v) is 33.1. The van der Waals surface area contributed by atoms with Crippen LogP contribution >= 0.6 is 0 Å². The van der Waals surface area contributed by atoms with E-state index in [0.29, 0.717) is 12.8 Å². The Labute approximate surface area is 309 Å². The van der Waals surface area contributed by atoms with Crippen LogP contribution in [0.1, 0.15) is 121 Å². The molecule has 0 radical (unpaired) electrons. The van der Waals surface area contributed by atoms with Crippen molar-refractivity contribution in [3.63, 3.8) is 0 Å². The van der Waals surface area contributed by atoms with E-state index < -0.39 is 71.4 Å². The molecule has 4 saturated carbocycles. The van der Waals surface area contributed by atoms with E-state index in [0.717, 1.165) is 38.5 Å². The number of carbonyl (C=O) groups is 2. The summed E-state index contributed by atoms with van der Waals surface area (Å²) in [7, 11) is 0. The predicted octanol–water partition coefficient (Wildman–Crippen LogP) is 3.49. The molecule has 4 aliphatic carbocycles. The number of aliphatic hydroxyl groups excluding tert-OH is 5. The summed E-state index contributed by atoms with van der Waals surface area (Å²) >= 11 is 0. The second-order valence-corrected chi connectivity index (χ2v) is 19.2. The second-order valence-electron chi connectivity index (χ2n) is 19.2. The Hall–Kier alpha value is -1.38. The lowest BCUT2D eigenvalue weighted by molar-refractivity contribution is -0.350. The van der Waals surface area contributed by atoms with Gasteiger partial charge in [-0.15, -0.1) is 0 Å². The molecule has 17 atom stereocenters. The van der Waals surface area contributed by atoms with Crippen molar-refractivity contribution in [1.29, 1.82) is 0 Å². The number of fused-ring (bicyclic) bond motifs is 5. The normalized spacial score (nSPS) is 46.2. The van der Waals surface area contributed by atoms with Gasteiger partial charge in [0.1, 0.15) is 43.2 Å². The quantitative estimate of drug-likeness (QED) is 0.141. The van der Waals surface area contributed by atoms with E-state index in [1.54, 1.807) is 0 Å². The summed E-state index contributed by atoms with van der Waals surface area (Å²) in [6.45, 7) is 19.0. The molecule has 12 nitrogen and oxygen atoms in total. The van der Waals surface area contributed by atoms with Crippen molar-refractivity contribution >= 4 is 11.9 Å². The summed E-state index contributed by atoms with van der Waals surface area (Å²) in [5.74, 6) is -0.00379. The Balaban J connectivity index is 1.52. The zero-order chi connectivity index (χ0) is 38.9. The van der Waals surface area contributed by atoms with Crippen LogP contribution in [0.5, 0.6) is 0 Å². The van der Waals surface area contributed by atoms with Crippen LogP contribution in [0.15, 0.2) is 0 Å². The van der Waals surface area contributed by atoms with Gasteiger partial charge in [-0.2, -0.15) is 0 Å². The topological polar surface area (TPSA) is 192 Å². The highest BCUT2D eigenvalue weighted by molar-refractivity contribution is 5.66. The van der Waals surface area contributed by atoms with Crippen LogP contribution in [0.25, 0.3) is 0 Å². The Kier molecular flexibility index (Phi) is 11.7. The SMILES string of the molecule is CC(=O)OC[C@H]1O[C@@H](O[C@@H]2C[C@H]3C(C)(C)[C@H](OC(C)=O)CC[C@]3(C)[C@H]3CC[C@@H]4[C@H]([C@H](C)C[C@@H](O)[C@H](O)C(C)(C)O)CC[C@@]4(C)[C@@]32C)[C@H](O)[C@@H](O)[C@@H]1O. The first-order valence-electron chi connectivity index (χ1n) is 19.6. The summed E-state index contributed by atoms with van der Waals surface area (Å²) in [6, 6.07) is 0. The Morgan fingerprint density at radius 2 is 1.52 bits per heavy atom. The lowest BCUT2D eigenvalue weighted by Gasteiger charge is -2.72. The molecule has 0 aromatic rings. The van der Waals surface area contributed by atoms with E-state index in [-0.39, 0.29) is 59.1 Å². The minimum atomic E-state index is -1.59. The highest BCUT2D eigenvalue weighted by atomic mass is 16.7. The Morgan fingerprint density at radius 3 is 2.12 bits per heavy atom. The van der Waals surface area contributed by atoms with E-state index in [9.17, 15) is 40.2 Å². The van der Waals surface area contributed by atoms with Crippen molar-refractivity contribution in [2.45, 2.75) is 181 Å². The number of hydrogen-bond acceptors (Lipinski definition) is 12. The fraction of sp³-hybridized carbons (Fsp3) is 0.950. The molecule has 5 rings (SSSR count). The number of hydrogen-bond donors (Lipinski definition) is 6. The molecule has 0 aromatic carbocycles. The molecule has 0 aromatic heterocycles. The van der Waals surface area contributed by atoms with Gasteiger partial charge in [0.05, 0.1) is 17.8 Å². The van der Waals surface area contributed by atoms with Crippen LogP contribution in [-0.2, 0) is 28.5 Å². The zero-order valence-electron chi connectivity index (χ0n) is 33.1. The monoisotopic (exact) mass is 740 g/mol. The summed E-state index contributed by atoms with van der Waals surface area (Å²) < 4.78 is 24.2. The van der Waals surface area contributed by atoms with Gasteiger partial charge in [0.25, 0.3) is 0 Å². The summed E-state index contributed by atoms with van der Waals surface area (Å²) in [6.07, 6.45) is -3.79. The number of esters is 2. The molecular weight excluding hydrogens is 672 g/mol. The highest BCUT2D eigenvalue weighted by Crippen LogP contribution is 2.76. The standard InChI is InChI=1S/C40H68O12/c1-20(17-25(43)34(47)37(6,7)48)23-13-16-39(9)24(23)11-12-27-38(8)15-14-29(50-22(3)42)36(4,5)28(38)18-30(40(27,39)10)52-35-33(46)32(45)31(44)26(51-35)19-49-21(2)41/h20,23-35,43-48H,11-19H2,1-10H3/t20-,23+,24-,25-,26-,27-,28+,29-,30-,31-,32+,33-,34+,35+,38-,39-,40+/m1/s1. The maximum Gasteiger partial charge on any atom is 0.302 e. The van der Waals surface area contributed by atoms with Gasteiger partial charge in [-0.05, 0) is 106 Å². The largest absolute Gasteiger partial charge is 0.463 e. The van der Waals surface area contributed by atoms with Crippen molar-refractivity contribution in [2.24, 2.45) is 51.2 Å². The fourth-order valence-corrected chi connectivity index (χ4v) is 12.7. The molecule has 0 amide bonds. The van der Waals surface area contributed by atoms with Gasteiger partial charge >= 0.3 is 11.9 Å². The van der Waals surface area contributed by atoms with Gasteiger partial charge in [-0.3, -0.25) is 9.59 Å². The fourth-order valence-electron chi connectivity index (χ4n) is 12.7. The summed E-state index contributed by atoms with van der Waals surface area (Å²) in [5, 5.41) is 65.1. The lowest BCUT2D eigenvalue weighted by Crippen LogP contribution is -2.70. The third-order valence-corrected chi connectivity index (χ3v) is 15.6. The molecule has 12 heteroatoms. The van der Waals surface area contributed by atoms with Crippen molar-refractivity contribution in [3.05, 3.63) is 0 Å². The van der Waals surface area contributed by atoms with E-state index in [1.165, 1.54) is 27.7 Å². The van der Waals surface area contributed by atoms with Gasteiger partial charge in [-0.25, -0.2) is 0 Å². The van der Waals surface area contributed by atoms with Crippen molar-refractivity contribution in [3.8, 4) is 0 Å². The number of carbonyl (C=O) groups excluding carboxylic acids is 2. The smallest absolute Gasteiger partial charge is 0.302 e. The lowest BCUT2D eigenvalue weighted by atomic mass is 9.34. The molecule has 0 unspecified atom stereocenters. The minimum Gasteiger partial charge on any atom is -0.463 e. The molecule has 0 spiro atoms. The molecule has 52 heavy (non-hydrogen) atoms. The molecule has 5 fully saturated rings. The maximum absolute atomic E-state index is 12.3. The average Bonchev–Trinajstić information content (AvgIpc) is 3.40. The minimum absolute atomic E-state index is 0.0732. The van der Waals surface area contributed by atoms with Gasteiger partial charge in [-0.1, -0.05) is 41.5 Å². The molecule has 300 valence electrons. The number of rotatable bonds is 10. The van der Waals surface area contributed by atoms with Crippen LogP contribution < -0.4 is 0 Å². The van der Waals surface area contributed by atoms with Crippen molar-refractivity contribution in [1.82, 2.24) is 0 Å². The van der Waals surface area contributed by atoms with Crippen LogP contribution in [0.4, 0.5) is 0 Å². The predicted molar refractivity (Wildman–Crippen MR) is 190 cm³/mol. The third-order valence-electron chi connectivity index (χ3n) is 15.6. The van der Waals surface area contributed by atoms with Gasteiger partial charge in [0, 0.05) is 24.7 Å². The van der Waals surface area contributed by atoms with E-state index in [2.05, 4.69) is 41.5 Å². The molecular formula is C40H68O12. The number of aliphatic hydroxyl groups is 6. The molecule has 1 saturated heterocycles. The summed E-state index contributed by atoms with van der Waals surface area (Å²) in [4.78, 5) is 23.9. The third kappa shape index (κ3) is 6.99. The van der Waals surface area contributed by atoms with Gasteiger partial charge in [0.15, 0.2) is 6.29 Å². The summed E-state index contributed by atoms with van der Waals surface area (Å²) in [5.41, 5.74) is -2.63. The molecule has 1 aliphatic heterocycles. The van der Waals surface area contributed by atoms with Crippen LogP contribution in [0, 0.1) is 51.2 Å². The molecule has 0 bridgehead atoms. The maximum atomic E-state index is 12.3. The van der Waals surface area contributed by atoms with Crippen molar-refractivity contribution in [2.75, 3.05) is 6.61 Å². The van der Waals surface area contributed by atoms with Crippen LogP contribution in [0.2, 0.25) is 0 Å². The first kappa shape index (κ1) is 41.8. The van der Waals surface area contributed by atoms with Crippen LogP contribution in [0.3, 0.4) is 0 Å². The molecule has 1 heterocycles. The van der Waals surface area contributed by atoms with E-state index >= 15 is 0 Å². The Morgan fingerprint density at radius 1 is 0.865 bits per heavy atom. The van der Waals surface area contributed by atoms with Crippen molar-refractivity contribution < 1.29 is 59.2 Å². The first-order valence-corrected chi connectivity index (χ1v) is 19.6. The van der Waals surface area contributed by atoms with Gasteiger partial charge < -0.3 is 49.6 Å². The molecule has 6 N–H and O–H groups in total. The Bertz CT molecular complexity index is 1300. The van der Waals surface area contributed by atoms with Gasteiger partial charge in [0.2, 0.25) is 0 Å².